The number of carbonyl (C=O) groups is 1. The van der Waals surface area contributed by atoms with Crippen LogP contribution < -0.4 is 4.46 Å². The van der Waals surface area contributed by atoms with Gasteiger partial charge in [-0.05, 0) is 0 Å². The molecular weight excluding hydrogens is 205 g/mol. The summed E-state index contributed by atoms with van der Waals surface area (Å²) in [5.41, 5.74) is 0.633. The van der Waals surface area contributed by atoms with Crippen molar-refractivity contribution in [2.45, 2.75) is 0 Å². The van der Waals surface area contributed by atoms with Crippen LogP contribution >= 0.6 is 0 Å². The molecule has 0 saturated carbocycles. The number of hydrogen-bond acceptors (Lipinski definition) is 2. The average molecular weight is 210 g/mol. The quantitative estimate of drug-likeness (QED) is 0.520. The van der Waals surface area contributed by atoms with Crippen molar-refractivity contribution in [3.63, 3.8) is 0 Å². The summed E-state index contributed by atoms with van der Waals surface area (Å²) >= 11 is -0.225. The molecule has 0 atom stereocenters. The monoisotopic (exact) mass is 211 g/mol. The fourth-order valence-electron chi connectivity index (χ4n) is 0.720. The molecule has 0 saturated heterocycles. The molecule has 1 aromatic carbocycles. The van der Waals surface area contributed by atoms with E-state index in [1.54, 1.807) is 12.1 Å². The summed E-state index contributed by atoms with van der Waals surface area (Å²) in [7, 11) is 0. The van der Waals surface area contributed by atoms with Crippen molar-refractivity contribution in [3.8, 4) is 4.97 Å². The first-order valence-electron chi connectivity index (χ1n) is 2.98. The van der Waals surface area contributed by atoms with Crippen molar-refractivity contribution in [3.05, 3.63) is 29.8 Å². The average Bonchev–Trinajstić information content (AvgIpc) is 2.06. The fourth-order valence-corrected chi connectivity index (χ4v) is 1.72. The van der Waals surface area contributed by atoms with Gasteiger partial charge in [0.05, 0.1) is 0 Å². The molecule has 0 spiro atoms. The molecule has 0 heterocycles. The summed E-state index contributed by atoms with van der Waals surface area (Å²) in [4.78, 5) is 12.5. The third kappa shape index (κ3) is 1.91. The molecule has 2 nitrogen and oxygen atoms in total. The molecule has 0 aliphatic rings. The van der Waals surface area contributed by atoms with Crippen LogP contribution in [0.1, 0.15) is 10.4 Å². The second-order valence-corrected chi connectivity index (χ2v) is 3.58. The number of nitriles is 1. The maximum absolute atomic E-state index is 10.4. The Labute approximate surface area is 71.0 Å². The zero-order chi connectivity index (χ0) is 8.10. The second-order valence-electron chi connectivity index (χ2n) is 1.85. The topological polar surface area (TPSA) is 40.9 Å². The molecule has 1 aromatic rings. The molecule has 0 aliphatic carbocycles. The Kier molecular flexibility index (Phi) is 2.85. The predicted octanol–water partition coefficient (Wildman–Crippen LogP) is 0.310. The fraction of sp³-hybridized carbons (Fsp3) is 0. The first-order chi connectivity index (χ1) is 5.38. The number of aldehydes is 1. The van der Waals surface area contributed by atoms with Crippen molar-refractivity contribution in [1.82, 2.24) is 0 Å². The molecule has 0 radical (unpaired) electrons. The summed E-state index contributed by atoms with van der Waals surface area (Å²) in [5, 5.41) is 8.40. The van der Waals surface area contributed by atoms with Crippen LogP contribution in [-0.2, 0) is 0 Å². The molecule has 0 fully saturated rings. The number of rotatable bonds is 2. The van der Waals surface area contributed by atoms with Gasteiger partial charge in [-0.15, -0.1) is 0 Å². The molecule has 0 amide bonds. The van der Waals surface area contributed by atoms with Gasteiger partial charge in [-0.1, -0.05) is 0 Å². The van der Waals surface area contributed by atoms with Gasteiger partial charge in [0.1, 0.15) is 0 Å². The number of benzene rings is 1. The van der Waals surface area contributed by atoms with E-state index < -0.39 is 0 Å². The Morgan fingerprint density at radius 1 is 1.45 bits per heavy atom. The van der Waals surface area contributed by atoms with Gasteiger partial charge in [-0.3, -0.25) is 0 Å². The SMILES string of the molecule is N#C[Se]c1ccccc1C=O. The second kappa shape index (κ2) is 3.92. The van der Waals surface area contributed by atoms with Gasteiger partial charge >= 0.3 is 70.6 Å². The Bertz CT molecular complexity index is 303. The van der Waals surface area contributed by atoms with Crippen molar-refractivity contribution in [2.24, 2.45) is 0 Å². The van der Waals surface area contributed by atoms with Gasteiger partial charge in [0.25, 0.3) is 0 Å². The van der Waals surface area contributed by atoms with Crippen molar-refractivity contribution in [2.75, 3.05) is 0 Å². The molecule has 0 bridgehead atoms. The van der Waals surface area contributed by atoms with Crippen molar-refractivity contribution in [1.29, 1.82) is 5.26 Å². The van der Waals surface area contributed by atoms with Crippen LogP contribution in [0.5, 0.6) is 0 Å². The normalized spacial score (nSPS) is 8.64. The summed E-state index contributed by atoms with van der Waals surface area (Å²) < 4.78 is 0.859. The predicted molar refractivity (Wildman–Crippen MR) is 42.8 cm³/mol. The molecule has 0 unspecified atom stereocenters. The third-order valence-corrected chi connectivity index (χ3v) is 2.63. The van der Waals surface area contributed by atoms with E-state index in [2.05, 4.69) is 4.97 Å². The van der Waals surface area contributed by atoms with Gasteiger partial charge in [-0.25, -0.2) is 0 Å². The standard InChI is InChI=1S/C8H5NOSe/c9-6-11-8-4-2-1-3-7(8)5-10/h1-5H. The van der Waals surface area contributed by atoms with E-state index in [0.717, 1.165) is 10.7 Å². The van der Waals surface area contributed by atoms with Crippen LogP contribution in [-0.4, -0.2) is 21.2 Å². The Morgan fingerprint density at radius 3 is 2.82 bits per heavy atom. The number of nitrogens with zero attached hydrogens (tertiary/aromatic N) is 1. The van der Waals surface area contributed by atoms with Crippen LogP contribution in [0.15, 0.2) is 24.3 Å². The summed E-state index contributed by atoms with van der Waals surface area (Å²) in [6.45, 7) is 0. The van der Waals surface area contributed by atoms with E-state index in [1.165, 1.54) is 0 Å². The summed E-state index contributed by atoms with van der Waals surface area (Å²) in [6, 6.07) is 7.16. The van der Waals surface area contributed by atoms with E-state index >= 15 is 0 Å². The first kappa shape index (κ1) is 8.00. The van der Waals surface area contributed by atoms with Gasteiger partial charge in [0, 0.05) is 0 Å². The van der Waals surface area contributed by atoms with Crippen molar-refractivity contribution < 1.29 is 4.79 Å². The van der Waals surface area contributed by atoms with E-state index in [0.29, 0.717) is 5.56 Å². The van der Waals surface area contributed by atoms with Gasteiger partial charge in [-0.2, -0.15) is 0 Å². The molecule has 0 aliphatic heterocycles. The Morgan fingerprint density at radius 2 is 2.18 bits per heavy atom. The number of hydrogen-bond donors (Lipinski definition) is 0. The zero-order valence-corrected chi connectivity index (χ0v) is 7.36. The van der Waals surface area contributed by atoms with Gasteiger partial charge < -0.3 is 0 Å². The van der Waals surface area contributed by atoms with Gasteiger partial charge in [0.15, 0.2) is 0 Å². The molecule has 11 heavy (non-hydrogen) atoms. The molecule has 54 valence electrons. The van der Waals surface area contributed by atoms with Gasteiger partial charge in [0.2, 0.25) is 0 Å². The molecule has 0 aromatic heterocycles. The molecule has 1 rings (SSSR count). The summed E-state index contributed by atoms with van der Waals surface area (Å²) in [6.07, 6.45) is 0.786. The molecule has 0 N–H and O–H groups in total. The van der Waals surface area contributed by atoms with Crippen LogP contribution in [0.2, 0.25) is 0 Å². The molecule has 3 heteroatoms. The zero-order valence-electron chi connectivity index (χ0n) is 5.65. The Hall–Kier alpha value is -1.10. The minimum atomic E-state index is -0.225. The third-order valence-electron chi connectivity index (χ3n) is 1.20. The molecular formula is C8H5NOSe. The van der Waals surface area contributed by atoms with Crippen molar-refractivity contribution >= 4 is 25.7 Å². The van der Waals surface area contributed by atoms with E-state index in [9.17, 15) is 4.79 Å². The van der Waals surface area contributed by atoms with Crippen LogP contribution in [0, 0.1) is 10.2 Å². The van der Waals surface area contributed by atoms with E-state index in [-0.39, 0.29) is 15.0 Å². The maximum atomic E-state index is 10.4. The van der Waals surface area contributed by atoms with E-state index in [1.807, 2.05) is 12.1 Å². The minimum absolute atomic E-state index is 0.225. The van der Waals surface area contributed by atoms with Crippen LogP contribution in [0.25, 0.3) is 0 Å². The van der Waals surface area contributed by atoms with Crippen LogP contribution in [0.3, 0.4) is 0 Å². The number of carbonyl (C=O) groups excluding carboxylic acids is 1. The Balaban J connectivity index is 3.04. The van der Waals surface area contributed by atoms with Crippen LogP contribution in [0.4, 0.5) is 0 Å². The first-order valence-corrected chi connectivity index (χ1v) is 4.70. The summed E-state index contributed by atoms with van der Waals surface area (Å²) in [5.74, 6) is 0. The van der Waals surface area contributed by atoms with E-state index in [4.69, 9.17) is 5.26 Å².